The highest BCUT2D eigenvalue weighted by Gasteiger charge is 2.29. The van der Waals surface area contributed by atoms with Gasteiger partial charge in [0.15, 0.2) is 0 Å². The lowest BCUT2D eigenvalue weighted by Gasteiger charge is -2.33. The molecule has 1 fully saturated rings. The molecule has 0 atom stereocenters. The summed E-state index contributed by atoms with van der Waals surface area (Å²) in [5.74, 6) is 0.924. The number of hydrogen-bond donors (Lipinski definition) is 1. The molecule has 4 rings (SSSR count). The second-order valence-corrected chi connectivity index (χ2v) is 9.79. The summed E-state index contributed by atoms with van der Waals surface area (Å²) in [6, 6.07) is 11.6. The lowest BCUT2D eigenvalue weighted by atomic mass is 10.3. The van der Waals surface area contributed by atoms with Gasteiger partial charge >= 0.3 is 0 Å². The Morgan fingerprint density at radius 2 is 1.88 bits per heavy atom. The number of rotatable bonds is 5. The Morgan fingerprint density at radius 3 is 2.58 bits per heavy atom. The van der Waals surface area contributed by atoms with Crippen LogP contribution in [0.5, 0.6) is 0 Å². The molecule has 1 aliphatic heterocycles. The summed E-state index contributed by atoms with van der Waals surface area (Å²) >= 11 is 1.38. The van der Waals surface area contributed by atoms with Crippen LogP contribution in [0.15, 0.2) is 40.6 Å². The van der Waals surface area contributed by atoms with Gasteiger partial charge in [0.2, 0.25) is 0 Å². The van der Waals surface area contributed by atoms with Crippen LogP contribution in [0.25, 0.3) is 11.0 Å². The largest absolute Gasteiger partial charge is 0.341 e. The third-order valence-electron chi connectivity index (χ3n) is 4.72. The second kappa shape index (κ2) is 7.11. The van der Waals surface area contributed by atoms with Crippen LogP contribution in [0.2, 0.25) is 0 Å². The molecule has 0 aliphatic carbocycles. The summed E-state index contributed by atoms with van der Waals surface area (Å²) < 4.78 is 27.7. The maximum Gasteiger partial charge on any atom is 0.252 e. The minimum absolute atomic E-state index is 0.458. The Hall–Kier alpha value is -1.74. The fourth-order valence-electron chi connectivity index (χ4n) is 3.23. The van der Waals surface area contributed by atoms with Crippen LogP contribution in [0.4, 0.5) is 0 Å². The van der Waals surface area contributed by atoms with E-state index in [0.717, 1.165) is 28.2 Å². The summed E-state index contributed by atoms with van der Waals surface area (Å²) in [4.78, 5) is 11.3. The smallest absolute Gasteiger partial charge is 0.252 e. The van der Waals surface area contributed by atoms with E-state index in [2.05, 4.69) is 14.9 Å². The van der Waals surface area contributed by atoms with E-state index in [0.29, 0.717) is 36.9 Å². The number of H-pyrrole nitrogens is 1. The molecule has 0 amide bonds. The molecule has 6 nitrogen and oxygen atoms in total. The number of piperazine rings is 1. The van der Waals surface area contributed by atoms with Crippen LogP contribution < -0.4 is 0 Å². The van der Waals surface area contributed by atoms with Crippen LogP contribution >= 0.6 is 11.3 Å². The average Bonchev–Trinajstić information content (AvgIpc) is 3.29. The second-order valence-electron chi connectivity index (χ2n) is 6.46. The standard InChI is InChI=1S/C18H22N4O2S2/c1-2-14-7-8-18(25-14)26(23,24)22-11-9-21(10-12-22)13-17-19-15-5-3-4-6-16(15)20-17/h3-8H,2,9-13H2,1H3,(H,19,20). The average molecular weight is 391 g/mol. The number of fused-ring (bicyclic) bond motifs is 1. The normalized spacial score (nSPS) is 17.1. The summed E-state index contributed by atoms with van der Waals surface area (Å²) in [7, 11) is -3.37. The van der Waals surface area contributed by atoms with Crippen LogP contribution in [0.1, 0.15) is 17.6 Å². The van der Waals surface area contributed by atoms with Crippen molar-refractivity contribution in [2.75, 3.05) is 26.2 Å². The van der Waals surface area contributed by atoms with Crippen LogP contribution in [-0.2, 0) is 23.0 Å². The number of aryl methyl sites for hydroxylation is 1. The molecule has 0 saturated carbocycles. The highest BCUT2D eigenvalue weighted by atomic mass is 32.2. The number of sulfonamides is 1. The number of hydrogen-bond acceptors (Lipinski definition) is 5. The van der Waals surface area contributed by atoms with Gasteiger partial charge in [0.1, 0.15) is 10.0 Å². The summed E-state index contributed by atoms with van der Waals surface area (Å²) in [5.41, 5.74) is 2.00. The summed E-state index contributed by atoms with van der Waals surface area (Å²) in [6.07, 6.45) is 0.867. The Balaban J connectivity index is 1.40. The monoisotopic (exact) mass is 390 g/mol. The van der Waals surface area contributed by atoms with Crippen molar-refractivity contribution in [2.24, 2.45) is 0 Å². The van der Waals surface area contributed by atoms with E-state index in [1.54, 1.807) is 10.4 Å². The predicted molar refractivity (Wildman–Crippen MR) is 104 cm³/mol. The quantitative estimate of drug-likeness (QED) is 0.727. The zero-order valence-corrected chi connectivity index (χ0v) is 16.3. The van der Waals surface area contributed by atoms with Gasteiger partial charge in [-0.15, -0.1) is 11.3 Å². The van der Waals surface area contributed by atoms with Gasteiger partial charge < -0.3 is 4.98 Å². The minimum Gasteiger partial charge on any atom is -0.341 e. The number of benzene rings is 1. The number of para-hydroxylation sites is 2. The molecular weight excluding hydrogens is 368 g/mol. The van der Waals surface area contributed by atoms with Gasteiger partial charge in [-0.3, -0.25) is 4.90 Å². The first kappa shape index (κ1) is 17.7. The van der Waals surface area contributed by atoms with Crippen molar-refractivity contribution in [2.45, 2.75) is 24.1 Å². The van der Waals surface area contributed by atoms with E-state index in [-0.39, 0.29) is 0 Å². The van der Waals surface area contributed by atoms with Crippen molar-refractivity contribution in [3.05, 3.63) is 47.1 Å². The minimum atomic E-state index is -3.37. The molecule has 3 aromatic rings. The molecule has 1 aliphatic rings. The maximum atomic E-state index is 12.8. The zero-order valence-electron chi connectivity index (χ0n) is 14.7. The third-order valence-corrected chi connectivity index (χ3v) is 8.32. The fraction of sp³-hybridized carbons (Fsp3) is 0.389. The molecule has 0 unspecified atom stereocenters. The lowest BCUT2D eigenvalue weighted by Crippen LogP contribution is -2.48. The topological polar surface area (TPSA) is 69.3 Å². The van der Waals surface area contributed by atoms with Crippen molar-refractivity contribution in [3.63, 3.8) is 0 Å². The summed E-state index contributed by atoms with van der Waals surface area (Å²) in [5, 5.41) is 0. The molecule has 8 heteroatoms. The molecule has 2 aromatic heterocycles. The Morgan fingerprint density at radius 1 is 1.12 bits per heavy atom. The van der Waals surface area contributed by atoms with Gasteiger partial charge in [0, 0.05) is 31.1 Å². The molecule has 0 spiro atoms. The number of nitrogens with one attached hydrogen (secondary N) is 1. The van der Waals surface area contributed by atoms with Crippen LogP contribution in [-0.4, -0.2) is 53.8 Å². The molecular formula is C18H22N4O2S2. The predicted octanol–water partition coefficient (Wildman–Crippen LogP) is 2.69. The highest BCUT2D eigenvalue weighted by molar-refractivity contribution is 7.91. The summed E-state index contributed by atoms with van der Waals surface area (Å²) in [6.45, 7) is 5.20. The highest BCUT2D eigenvalue weighted by Crippen LogP contribution is 2.26. The van der Waals surface area contributed by atoms with E-state index in [4.69, 9.17) is 0 Å². The zero-order chi connectivity index (χ0) is 18.1. The van der Waals surface area contributed by atoms with Crippen molar-refractivity contribution in [3.8, 4) is 0 Å². The van der Waals surface area contributed by atoms with Gasteiger partial charge in [-0.25, -0.2) is 13.4 Å². The van der Waals surface area contributed by atoms with Crippen molar-refractivity contribution in [1.29, 1.82) is 0 Å². The van der Waals surface area contributed by atoms with Gasteiger partial charge in [-0.1, -0.05) is 19.1 Å². The lowest BCUT2D eigenvalue weighted by molar-refractivity contribution is 0.179. The van der Waals surface area contributed by atoms with Crippen molar-refractivity contribution in [1.82, 2.24) is 19.2 Å². The molecule has 0 radical (unpaired) electrons. The number of thiophene rings is 1. The number of nitrogens with zero attached hydrogens (tertiary/aromatic N) is 3. The van der Waals surface area contributed by atoms with E-state index < -0.39 is 10.0 Å². The molecule has 1 N–H and O–H groups in total. The Kier molecular flexibility index (Phi) is 4.83. The fourth-order valence-corrected chi connectivity index (χ4v) is 6.11. The number of aromatic nitrogens is 2. The van der Waals surface area contributed by atoms with Crippen molar-refractivity contribution < 1.29 is 8.42 Å². The Bertz CT molecular complexity index is 968. The van der Waals surface area contributed by atoms with Gasteiger partial charge in [0.25, 0.3) is 10.0 Å². The molecule has 1 aromatic carbocycles. The molecule has 1 saturated heterocycles. The first-order chi connectivity index (χ1) is 12.6. The van der Waals surface area contributed by atoms with Crippen LogP contribution in [0.3, 0.4) is 0 Å². The number of aromatic amines is 1. The Labute approximate surface area is 157 Å². The number of imidazole rings is 1. The van der Waals surface area contributed by atoms with Crippen LogP contribution in [0, 0.1) is 0 Å². The van der Waals surface area contributed by atoms with Gasteiger partial charge in [0.05, 0.1) is 17.6 Å². The van der Waals surface area contributed by atoms with Gasteiger partial charge in [-0.2, -0.15) is 4.31 Å². The van der Waals surface area contributed by atoms with E-state index in [9.17, 15) is 8.42 Å². The molecule has 3 heterocycles. The SMILES string of the molecule is CCc1ccc(S(=O)(=O)N2CCN(Cc3nc4ccccc4[nH]3)CC2)s1. The maximum absolute atomic E-state index is 12.8. The van der Waals surface area contributed by atoms with E-state index in [1.807, 2.05) is 37.3 Å². The van der Waals surface area contributed by atoms with E-state index in [1.165, 1.54) is 11.3 Å². The van der Waals surface area contributed by atoms with Gasteiger partial charge in [-0.05, 0) is 30.7 Å². The first-order valence-electron chi connectivity index (χ1n) is 8.81. The molecule has 138 valence electrons. The molecule has 26 heavy (non-hydrogen) atoms. The van der Waals surface area contributed by atoms with Crippen molar-refractivity contribution >= 4 is 32.4 Å². The third kappa shape index (κ3) is 3.42. The van der Waals surface area contributed by atoms with E-state index >= 15 is 0 Å². The first-order valence-corrected chi connectivity index (χ1v) is 11.1. The molecule has 0 bridgehead atoms.